The average Bonchev–Trinajstić information content (AvgIpc) is 2.97. The monoisotopic (exact) mass is 389 g/mol. The first-order valence-corrected chi connectivity index (χ1v) is 11.0. The highest BCUT2D eigenvalue weighted by molar-refractivity contribution is 5.66. The van der Waals surface area contributed by atoms with E-state index >= 15 is 0 Å². The Morgan fingerprint density at radius 3 is 2.50 bits per heavy atom. The minimum Gasteiger partial charge on any atom is -0.462 e. The molecule has 0 aromatic heterocycles. The highest BCUT2D eigenvalue weighted by Gasteiger charge is 2.60. The van der Waals surface area contributed by atoms with Crippen molar-refractivity contribution in [2.75, 3.05) is 6.54 Å². The van der Waals surface area contributed by atoms with Crippen LogP contribution in [0.2, 0.25) is 0 Å². The first kappa shape index (κ1) is 19.9. The van der Waals surface area contributed by atoms with E-state index in [1.165, 1.54) is 19.4 Å². The lowest BCUT2D eigenvalue weighted by molar-refractivity contribution is -0.157. The molecule has 0 bridgehead atoms. The predicted octanol–water partition coefficient (Wildman–Crippen LogP) is 3.75. The molecule has 4 aliphatic rings. The molecule has 3 saturated carbocycles. The van der Waals surface area contributed by atoms with Crippen molar-refractivity contribution in [1.29, 1.82) is 0 Å². The molecule has 0 saturated heterocycles. The van der Waals surface area contributed by atoms with Crippen LogP contribution in [0, 0.1) is 28.6 Å². The third kappa shape index (κ3) is 3.01. The van der Waals surface area contributed by atoms with E-state index in [1.807, 2.05) is 0 Å². The van der Waals surface area contributed by atoms with E-state index in [4.69, 9.17) is 15.2 Å². The highest BCUT2D eigenvalue weighted by Crippen LogP contribution is 2.65. The molecule has 0 aromatic rings. The lowest BCUT2D eigenvalue weighted by Crippen LogP contribution is -2.55. The number of ether oxygens (including phenoxy) is 2. The lowest BCUT2D eigenvalue weighted by atomic mass is 9.47. The van der Waals surface area contributed by atoms with Crippen molar-refractivity contribution in [1.82, 2.24) is 0 Å². The van der Waals surface area contributed by atoms with Gasteiger partial charge in [-0.05, 0) is 62.7 Å². The molecule has 5 heteroatoms. The number of nitrogens with two attached hydrogens (primary N) is 1. The fourth-order valence-electron chi connectivity index (χ4n) is 7.49. The van der Waals surface area contributed by atoms with Crippen LogP contribution in [0.25, 0.3) is 0 Å². The summed E-state index contributed by atoms with van der Waals surface area (Å²) < 4.78 is 11.3. The number of carbonyl (C=O) groups is 2. The highest BCUT2D eigenvalue weighted by atomic mass is 16.5. The first-order chi connectivity index (χ1) is 13.3. The van der Waals surface area contributed by atoms with E-state index in [-0.39, 0.29) is 35.0 Å². The Morgan fingerprint density at radius 2 is 1.82 bits per heavy atom. The molecule has 28 heavy (non-hydrogen) atoms. The third-order valence-electron chi connectivity index (χ3n) is 8.70. The maximum absolute atomic E-state index is 11.6. The van der Waals surface area contributed by atoms with Gasteiger partial charge < -0.3 is 15.2 Å². The molecule has 0 amide bonds. The minimum atomic E-state index is -0.185. The molecule has 2 N–H and O–H groups in total. The number of fused-ring (bicyclic) bond motifs is 5. The molecular formula is C23H35NO4. The van der Waals surface area contributed by atoms with Crippen LogP contribution >= 0.6 is 0 Å². The Labute approximate surface area is 168 Å². The molecule has 0 spiro atoms. The smallest absolute Gasteiger partial charge is 0.302 e. The van der Waals surface area contributed by atoms with Crippen molar-refractivity contribution < 1.29 is 19.1 Å². The Hall–Kier alpha value is -1.36. The zero-order valence-electron chi connectivity index (χ0n) is 17.5. The summed E-state index contributed by atoms with van der Waals surface area (Å²) >= 11 is 0. The van der Waals surface area contributed by atoms with Gasteiger partial charge in [0.05, 0.1) is 0 Å². The molecule has 0 radical (unpaired) electrons. The van der Waals surface area contributed by atoms with Gasteiger partial charge in [0.15, 0.2) is 0 Å². The first-order valence-electron chi connectivity index (χ1n) is 11.0. The van der Waals surface area contributed by atoms with Gasteiger partial charge in [-0.2, -0.15) is 0 Å². The molecule has 4 rings (SSSR count). The summed E-state index contributed by atoms with van der Waals surface area (Å²) in [6.45, 7) is 6.06. The van der Waals surface area contributed by atoms with Gasteiger partial charge in [0.25, 0.3) is 0 Å². The normalized spacial score (nSPS) is 44.6. The minimum absolute atomic E-state index is 0.00802. The number of allylic oxidation sites excluding steroid dienone is 1. The van der Waals surface area contributed by atoms with E-state index in [0.717, 1.165) is 51.4 Å². The molecule has 3 fully saturated rings. The Kier molecular flexibility index (Phi) is 5.09. The van der Waals surface area contributed by atoms with Gasteiger partial charge in [-0.3, -0.25) is 9.59 Å². The van der Waals surface area contributed by atoms with E-state index in [0.29, 0.717) is 24.3 Å². The fraction of sp³-hybridized carbons (Fsp3) is 0.826. The molecule has 7 atom stereocenters. The summed E-state index contributed by atoms with van der Waals surface area (Å²) in [5.74, 6) is 1.49. The van der Waals surface area contributed by atoms with Crippen molar-refractivity contribution in [2.24, 2.45) is 34.3 Å². The molecule has 4 aliphatic carbocycles. The zero-order valence-corrected chi connectivity index (χ0v) is 17.5. The Bertz CT molecular complexity index is 688. The van der Waals surface area contributed by atoms with E-state index in [1.54, 1.807) is 0 Å². The van der Waals surface area contributed by atoms with Crippen LogP contribution in [0.3, 0.4) is 0 Å². The SMILES string of the molecule is CC(=O)O[C@H]1CC[C@@]2(CN)C(=CC[C@@H]3[C@@H]2CC[C@]2(C)[C@@H](OC(C)=O)CC[C@@H]32)C1. The second-order valence-corrected chi connectivity index (χ2v) is 9.90. The molecular weight excluding hydrogens is 354 g/mol. The van der Waals surface area contributed by atoms with Gasteiger partial charge in [-0.15, -0.1) is 0 Å². The molecule has 5 nitrogen and oxygen atoms in total. The molecule has 0 aliphatic heterocycles. The van der Waals surface area contributed by atoms with Crippen molar-refractivity contribution in [3.05, 3.63) is 11.6 Å². The summed E-state index contributed by atoms with van der Waals surface area (Å²) in [7, 11) is 0. The van der Waals surface area contributed by atoms with E-state index < -0.39 is 0 Å². The van der Waals surface area contributed by atoms with Crippen LogP contribution < -0.4 is 5.73 Å². The quantitative estimate of drug-likeness (QED) is 0.587. The molecule has 0 unspecified atom stereocenters. The van der Waals surface area contributed by atoms with Crippen LogP contribution in [0.1, 0.15) is 72.1 Å². The van der Waals surface area contributed by atoms with E-state index in [2.05, 4.69) is 13.0 Å². The number of carbonyl (C=O) groups excluding carboxylic acids is 2. The van der Waals surface area contributed by atoms with E-state index in [9.17, 15) is 9.59 Å². The van der Waals surface area contributed by atoms with Crippen molar-refractivity contribution in [3.8, 4) is 0 Å². The summed E-state index contributed by atoms with van der Waals surface area (Å²) in [6.07, 6.45) is 10.8. The van der Waals surface area contributed by atoms with Gasteiger partial charge in [-0.1, -0.05) is 18.6 Å². The Morgan fingerprint density at radius 1 is 1.07 bits per heavy atom. The number of hydrogen-bond acceptors (Lipinski definition) is 5. The molecule has 0 aromatic carbocycles. The van der Waals surface area contributed by atoms with Gasteiger partial charge >= 0.3 is 11.9 Å². The van der Waals surface area contributed by atoms with Crippen molar-refractivity contribution in [2.45, 2.75) is 84.3 Å². The van der Waals surface area contributed by atoms with Gasteiger partial charge in [0, 0.05) is 37.6 Å². The molecule has 156 valence electrons. The maximum atomic E-state index is 11.6. The Balaban J connectivity index is 1.59. The van der Waals surface area contributed by atoms with Crippen molar-refractivity contribution in [3.63, 3.8) is 0 Å². The predicted molar refractivity (Wildman–Crippen MR) is 106 cm³/mol. The van der Waals surface area contributed by atoms with Crippen LogP contribution in [0.4, 0.5) is 0 Å². The zero-order chi connectivity index (χ0) is 20.1. The fourth-order valence-corrected chi connectivity index (χ4v) is 7.49. The third-order valence-corrected chi connectivity index (χ3v) is 8.70. The number of rotatable bonds is 3. The van der Waals surface area contributed by atoms with Crippen molar-refractivity contribution >= 4 is 11.9 Å². The average molecular weight is 390 g/mol. The summed E-state index contributed by atoms with van der Waals surface area (Å²) in [4.78, 5) is 23.0. The number of esters is 2. The lowest BCUT2D eigenvalue weighted by Gasteiger charge is -2.58. The van der Waals surface area contributed by atoms with Gasteiger partial charge in [-0.25, -0.2) is 0 Å². The summed E-state index contributed by atoms with van der Waals surface area (Å²) in [5, 5.41) is 0. The van der Waals surface area contributed by atoms with Crippen LogP contribution in [0.5, 0.6) is 0 Å². The topological polar surface area (TPSA) is 78.6 Å². The largest absolute Gasteiger partial charge is 0.462 e. The van der Waals surface area contributed by atoms with Gasteiger partial charge in [0.1, 0.15) is 12.2 Å². The number of hydrogen-bond donors (Lipinski definition) is 1. The second-order valence-electron chi connectivity index (χ2n) is 9.90. The van der Waals surface area contributed by atoms with Gasteiger partial charge in [0.2, 0.25) is 0 Å². The summed E-state index contributed by atoms with van der Waals surface area (Å²) in [5.41, 5.74) is 8.05. The summed E-state index contributed by atoms with van der Waals surface area (Å²) in [6, 6.07) is 0. The van der Waals surface area contributed by atoms with Crippen LogP contribution in [-0.2, 0) is 19.1 Å². The standard InChI is InChI=1S/C23H35NO4/c1-14(25)27-17-8-11-23(13-24)16(12-17)4-5-18-19-6-7-21(28-15(2)26)22(19,3)10-9-20(18)23/h4,17-21H,5-13,24H2,1-3H3/t17-,18-,19-,20-,21-,22-,23+/m0/s1. The van der Waals surface area contributed by atoms with Crippen LogP contribution in [0.15, 0.2) is 11.6 Å². The van der Waals surface area contributed by atoms with Crippen LogP contribution in [-0.4, -0.2) is 30.7 Å². The second kappa shape index (κ2) is 7.16. The maximum Gasteiger partial charge on any atom is 0.302 e. The molecule has 0 heterocycles.